The molecule has 2 aromatic carbocycles. The lowest BCUT2D eigenvalue weighted by Crippen LogP contribution is -2.02. The summed E-state index contributed by atoms with van der Waals surface area (Å²) in [5, 5.41) is 10.5. The Hall–Kier alpha value is -1.93. The number of aliphatic hydroxyl groups is 1. The van der Waals surface area contributed by atoms with Gasteiger partial charge in [-0.15, -0.1) is 0 Å². The van der Waals surface area contributed by atoms with Gasteiger partial charge in [-0.1, -0.05) is 18.2 Å². The Kier molecular flexibility index (Phi) is 7.39. The largest absolute Gasteiger partial charge is 0.493 e. The van der Waals surface area contributed by atoms with Gasteiger partial charge in [-0.05, 0) is 52.4 Å². The molecule has 6 heteroatoms. The van der Waals surface area contributed by atoms with Gasteiger partial charge in [0.15, 0.2) is 11.5 Å². The number of methoxy groups -OCH3 is 3. The maximum atomic E-state index is 10.5. The number of rotatable bonds is 8. The van der Waals surface area contributed by atoms with Crippen LogP contribution < -0.4 is 18.9 Å². The first-order chi connectivity index (χ1) is 12.1. The highest BCUT2D eigenvalue weighted by molar-refractivity contribution is 14.1. The molecule has 0 aliphatic carbocycles. The first kappa shape index (κ1) is 19.4. The number of hydrogen-bond acceptors (Lipinski definition) is 5. The van der Waals surface area contributed by atoms with E-state index in [0.29, 0.717) is 29.2 Å². The second kappa shape index (κ2) is 9.53. The molecule has 2 rings (SSSR count). The van der Waals surface area contributed by atoms with E-state index >= 15 is 0 Å². The maximum Gasteiger partial charge on any atom is 0.203 e. The first-order valence-corrected chi connectivity index (χ1v) is 8.71. The highest BCUT2D eigenvalue weighted by Gasteiger charge is 2.18. The van der Waals surface area contributed by atoms with Crippen LogP contribution >= 0.6 is 22.6 Å². The molecule has 1 unspecified atom stereocenters. The SMILES string of the molecule is COc1cc(C(O)C/C(I)=C/Oc2ccccc2)cc(OC)c1OC. The normalized spacial score (nSPS) is 12.4. The molecule has 0 bridgehead atoms. The Morgan fingerprint density at radius 1 is 1.04 bits per heavy atom. The molecule has 0 aliphatic rings. The average molecular weight is 456 g/mol. The van der Waals surface area contributed by atoms with Crippen LogP contribution in [0, 0.1) is 0 Å². The van der Waals surface area contributed by atoms with E-state index in [1.165, 1.54) is 0 Å². The molecule has 0 saturated heterocycles. The lowest BCUT2D eigenvalue weighted by Gasteiger charge is -2.17. The standard InChI is InChI=1S/C19H21IO5/c1-22-17-9-13(10-18(23-2)19(17)24-3)16(21)11-14(20)12-25-15-7-5-4-6-8-15/h4-10,12,16,21H,11H2,1-3H3/b14-12-. The second-order valence-corrected chi connectivity index (χ2v) is 6.56. The van der Waals surface area contributed by atoms with Gasteiger partial charge in [-0.2, -0.15) is 0 Å². The van der Waals surface area contributed by atoms with Crippen LogP contribution in [0.2, 0.25) is 0 Å². The van der Waals surface area contributed by atoms with Crippen molar-refractivity contribution < 1.29 is 24.1 Å². The fourth-order valence-corrected chi connectivity index (χ4v) is 2.82. The summed E-state index contributed by atoms with van der Waals surface area (Å²) in [4.78, 5) is 0. The fourth-order valence-electron chi connectivity index (χ4n) is 2.28. The van der Waals surface area contributed by atoms with Crippen molar-refractivity contribution >= 4 is 22.6 Å². The van der Waals surface area contributed by atoms with Crippen LogP contribution in [0.25, 0.3) is 0 Å². The molecule has 25 heavy (non-hydrogen) atoms. The summed E-state index contributed by atoms with van der Waals surface area (Å²) >= 11 is 2.15. The zero-order chi connectivity index (χ0) is 18.2. The van der Waals surface area contributed by atoms with Crippen molar-refractivity contribution in [3.8, 4) is 23.0 Å². The van der Waals surface area contributed by atoms with Crippen LogP contribution in [0.1, 0.15) is 18.1 Å². The third-order valence-corrected chi connectivity index (χ3v) is 4.22. The van der Waals surface area contributed by atoms with Gasteiger partial charge in [0.2, 0.25) is 5.75 Å². The minimum atomic E-state index is -0.726. The maximum absolute atomic E-state index is 10.5. The van der Waals surface area contributed by atoms with Gasteiger partial charge in [-0.25, -0.2) is 0 Å². The van der Waals surface area contributed by atoms with Crippen LogP contribution in [0.3, 0.4) is 0 Å². The molecule has 0 radical (unpaired) electrons. The number of halogens is 1. The van der Waals surface area contributed by atoms with Gasteiger partial charge in [0.25, 0.3) is 0 Å². The predicted molar refractivity (Wildman–Crippen MR) is 105 cm³/mol. The van der Waals surface area contributed by atoms with Crippen molar-refractivity contribution in [2.24, 2.45) is 0 Å². The molecule has 0 spiro atoms. The van der Waals surface area contributed by atoms with E-state index in [0.717, 1.165) is 9.33 Å². The molecule has 0 amide bonds. The lowest BCUT2D eigenvalue weighted by molar-refractivity contribution is 0.179. The molecule has 0 fully saturated rings. The first-order valence-electron chi connectivity index (χ1n) is 7.63. The summed E-state index contributed by atoms with van der Waals surface area (Å²) in [7, 11) is 4.64. The van der Waals surface area contributed by atoms with E-state index in [1.54, 1.807) is 39.7 Å². The van der Waals surface area contributed by atoms with Crippen molar-refractivity contribution in [3.63, 3.8) is 0 Å². The number of ether oxygens (including phenoxy) is 4. The Bertz CT molecular complexity index is 690. The summed E-state index contributed by atoms with van der Waals surface area (Å²) in [6.07, 6.45) is 1.32. The predicted octanol–water partition coefficient (Wildman–Crippen LogP) is 4.49. The van der Waals surface area contributed by atoms with Crippen LogP contribution in [0.15, 0.2) is 52.3 Å². The quantitative estimate of drug-likeness (QED) is 0.469. The minimum absolute atomic E-state index is 0.409. The average Bonchev–Trinajstić information content (AvgIpc) is 2.65. The summed E-state index contributed by atoms with van der Waals surface area (Å²) in [5.41, 5.74) is 0.678. The molecule has 134 valence electrons. The minimum Gasteiger partial charge on any atom is -0.493 e. The summed E-state index contributed by atoms with van der Waals surface area (Å²) in [5.74, 6) is 2.27. The van der Waals surface area contributed by atoms with Crippen molar-refractivity contribution in [3.05, 3.63) is 57.9 Å². The Labute approximate surface area is 161 Å². The zero-order valence-electron chi connectivity index (χ0n) is 14.4. The third kappa shape index (κ3) is 5.27. The van der Waals surface area contributed by atoms with E-state index in [-0.39, 0.29) is 0 Å². The molecule has 0 aromatic heterocycles. The number of benzene rings is 2. The number of aliphatic hydroxyl groups excluding tert-OH is 1. The smallest absolute Gasteiger partial charge is 0.203 e. The van der Waals surface area contributed by atoms with Crippen LogP contribution in [0.5, 0.6) is 23.0 Å². The van der Waals surface area contributed by atoms with Crippen molar-refractivity contribution in [2.75, 3.05) is 21.3 Å². The van der Waals surface area contributed by atoms with Crippen molar-refractivity contribution in [2.45, 2.75) is 12.5 Å². The van der Waals surface area contributed by atoms with Gasteiger partial charge in [-0.3, -0.25) is 0 Å². The highest BCUT2D eigenvalue weighted by atomic mass is 127. The molecule has 1 N–H and O–H groups in total. The molecule has 0 aliphatic heterocycles. The molecular formula is C19H21IO5. The van der Waals surface area contributed by atoms with Gasteiger partial charge in [0.1, 0.15) is 12.0 Å². The Balaban J connectivity index is 2.13. The monoisotopic (exact) mass is 456 g/mol. The Morgan fingerprint density at radius 3 is 2.16 bits per heavy atom. The number of para-hydroxylation sites is 1. The fraction of sp³-hybridized carbons (Fsp3) is 0.263. The van der Waals surface area contributed by atoms with Gasteiger partial charge in [0, 0.05) is 10.0 Å². The number of hydrogen-bond donors (Lipinski definition) is 1. The van der Waals surface area contributed by atoms with Crippen LogP contribution in [0.4, 0.5) is 0 Å². The highest BCUT2D eigenvalue weighted by Crippen LogP contribution is 2.40. The van der Waals surface area contributed by atoms with E-state index in [9.17, 15) is 5.11 Å². The van der Waals surface area contributed by atoms with Crippen LogP contribution in [-0.2, 0) is 0 Å². The molecule has 1 atom stereocenters. The van der Waals surface area contributed by atoms with E-state index < -0.39 is 6.10 Å². The summed E-state index contributed by atoms with van der Waals surface area (Å²) in [6, 6.07) is 13.0. The summed E-state index contributed by atoms with van der Waals surface area (Å²) in [6.45, 7) is 0. The topological polar surface area (TPSA) is 57.2 Å². The van der Waals surface area contributed by atoms with Crippen molar-refractivity contribution in [1.82, 2.24) is 0 Å². The van der Waals surface area contributed by atoms with E-state index in [1.807, 2.05) is 30.3 Å². The second-order valence-electron chi connectivity index (χ2n) is 5.17. The Morgan fingerprint density at radius 2 is 1.64 bits per heavy atom. The third-order valence-electron chi connectivity index (χ3n) is 3.53. The van der Waals surface area contributed by atoms with E-state index in [2.05, 4.69) is 22.6 Å². The van der Waals surface area contributed by atoms with Gasteiger partial charge in [0.05, 0.1) is 27.4 Å². The van der Waals surface area contributed by atoms with Crippen LogP contribution in [-0.4, -0.2) is 26.4 Å². The molecule has 5 nitrogen and oxygen atoms in total. The molecule has 0 saturated carbocycles. The van der Waals surface area contributed by atoms with E-state index in [4.69, 9.17) is 18.9 Å². The summed E-state index contributed by atoms with van der Waals surface area (Å²) < 4.78 is 22.4. The van der Waals surface area contributed by atoms with Gasteiger partial charge < -0.3 is 24.1 Å². The zero-order valence-corrected chi connectivity index (χ0v) is 16.5. The van der Waals surface area contributed by atoms with Gasteiger partial charge >= 0.3 is 0 Å². The molecule has 2 aromatic rings. The van der Waals surface area contributed by atoms with Crippen molar-refractivity contribution in [1.29, 1.82) is 0 Å². The molecular weight excluding hydrogens is 435 g/mol. The molecule has 0 heterocycles. The lowest BCUT2D eigenvalue weighted by atomic mass is 10.1.